The van der Waals surface area contributed by atoms with E-state index in [-0.39, 0.29) is 0 Å². The quantitative estimate of drug-likeness (QED) is 0.103. The average molecular weight is 612 g/mol. The first kappa shape index (κ1) is 41.6. The van der Waals surface area contributed by atoms with Gasteiger partial charge in [-0.3, -0.25) is 0 Å². The van der Waals surface area contributed by atoms with E-state index in [1.807, 2.05) is 7.05 Å². The fourth-order valence-corrected chi connectivity index (χ4v) is 3.59. The van der Waals surface area contributed by atoms with E-state index in [9.17, 15) is 0 Å². The lowest BCUT2D eigenvalue weighted by Gasteiger charge is -2.09. The molecule has 0 atom stereocenters. The monoisotopic (exact) mass is 611 g/mol. The van der Waals surface area contributed by atoms with E-state index >= 15 is 0 Å². The molecule has 254 valence electrons. The van der Waals surface area contributed by atoms with Crippen molar-refractivity contribution in [3.8, 4) is 0 Å². The fraction of sp³-hybridized carbons (Fsp3) is 1.00. The van der Waals surface area contributed by atoms with Crippen molar-refractivity contribution >= 4 is 0 Å². The highest BCUT2D eigenvalue weighted by molar-refractivity contribution is 4.46. The Morgan fingerprint density at radius 1 is 0.286 bits per heavy atom. The minimum atomic E-state index is 0.531. The van der Waals surface area contributed by atoms with Crippen LogP contribution in [0.3, 0.4) is 0 Å². The van der Waals surface area contributed by atoms with Crippen molar-refractivity contribution in [3.05, 3.63) is 0 Å². The summed E-state index contributed by atoms with van der Waals surface area (Å²) in [6.45, 7) is 14.7. The molecule has 0 aromatic rings. The van der Waals surface area contributed by atoms with E-state index in [0.717, 1.165) is 19.6 Å². The maximum absolute atomic E-state index is 5.62. The number of ether oxygens (including phenoxy) is 10. The largest absolute Gasteiger partial charge is 0.379 e. The van der Waals surface area contributed by atoms with Gasteiger partial charge in [-0.05, 0) is 13.5 Å². The second kappa shape index (κ2) is 40.6. The smallest absolute Gasteiger partial charge is 0.0701 e. The van der Waals surface area contributed by atoms with Gasteiger partial charge >= 0.3 is 0 Å². The number of nitrogens with one attached hydrogen (secondary N) is 1. The number of unbranched alkanes of at least 4 members (excludes halogenated alkanes) is 7. The van der Waals surface area contributed by atoms with Crippen molar-refractivity contribution in [3.63, 3.8) is 0 Å². The first-order valence-corrected chi connectivity index (χ1v) is 16.3. The average Bonchev–Trinajstić information content (AvgIpc) is 3.00. The second-order valence-corrected chi connectivity index (χ2v) is 9.70. The molecule has 0 bridgehead atoms. The zero-order chi connectivity index (χ0) is 30.3. The Morgan fingerprint density at radius 3 is 0.810 bits per heavy atom. The number of rotatable bonds is 39. The predicted octanol–water partition coefficient (Wildman–Crippen LogP) is 3.51. The molecule has 11 nitrogen and oxygen atoms in total. The Hall–Kier alpha value is -0.440. The Balaban J connectivity index is 3.02. The maximum Gasteiger partial charge on any atom is 0.0701 e. The molecule has 0 aromatic carbocycles. The van der Waals surface area contributed by atoms with Gasteiger partial charge in [0.2, 0.25) is 0 Å². The minimum absolute atomic E-state index is 0.531. The van der Waals surface area contributed by atoms with E-state index in [4.69, 9.17) is 47.4 Å². The second-order valence-electron chi connectivity index (χ2n) is 9.70. The standard InChI is InChI=1S/C31H65NO10/c1-3-4-5-6-7-8-9-10-12-33-14-16-35-18-20-37-22-24-39-26-28-41-30-31-42-29-27-40-25-23-38-21-19-36-17-15-34-13-11-32-2/h32H,3-31H2,1-2H3. The van der Waals surface area contributed by atoms with Crippen LogP contribution in [0.25, 0.3) is 0 Å². The van der Waals surface area contributed by atoms with Gasteiger partial charge in [-0.2, -0.15) is 0 Å². The summed E-state index contributed by atoms with van der Waals surface area (Å²) in [6.07, 6.45) is 10.6. The van der Waals surface area contributed by atoms with Crippen LogP contribution >= 0.6 is 0 Å². The van der Waals surface area contributed by atoms with Crippen LogP contribution in [0.1, 0.15) is 58.3 Å². The molecule has 0 rings (SSSR count). The number of hydrogen-bond acceptors (Lipinski definition) is 11. The van der Waals surface area contributed by atoms with Crippen LogP contribution < -0.4 is 5.32 Å². The maximum atomic E-state index is 5.62. The summed E-state index contributed by atoms with van der Waals surface area (Å²) < 4.78 is 54.8. The third-order valence-electron chi connectivity index (χ3n) is 5.99. The molecule has 0 fully saturated rings. The molecule has 42 heavy (non-hydrogen) atoms. The summed E-state index contributed by atoms with van der Waals surface area (Å²) >= 11 is 0. The summed E-state index contributed by atoms with van der Waals surface area (Å²) in [7, 11) is 1.90. The van der Waals surface area contributed by atoms with E-state index in [2.05, 4.69) is 12.2 Å². The van der Waals surface area contributed by atoms with Gasteiger partial charge in [0, 0.05) is 13.2 Å². The topological polar surface area (TPSA) is 104 Å². The Labute approximate surface area is 256 Å². The highest BCUT2D eigenvalue weighted by Crippen LogP contribution is 2.08. The zero-order valence-corrected chi connectivity index (χ0v) is 27.1. The van der Waals surface area contributed by atoms with E-state index in [0.29, 0.717) is 126 Å². The molecule has 0 aliphatic carbocycles. The summed E-state index contributed by atoms with van der Waals surface area (Å²) in [4.78, 5) is 0. The molecule has 0 aliphatic heterocycles. The van der Waals surface area contributed by atoms with Crippen LogP contribution in [0, 0.1) is 0 Å². The van der Waals surface area contributed by atoms with Gasteiger partial charge in [0.1, 0.15) is 0 Å². The normalized spacial score (nSPS) is 11.6. The number of likely N-dealkylation sites (N-methyl/N-ethyl adjacent to an activating group) is 1. The van der Waals surface area contributed by atoms with Crippen molar-refractivity contribution in [2.24, 2.45) is 0 Å². The molecular formula is C31H65NO10. The van der Waals surface area contributed by atoms with Gasteiger partial charge in [0.25, 0.3) is 0 Å². The summed E-state index contributed by atoms with van der Waals surface area (Å²) in [5.74, 6) is 0. The van der Waals surface area contributed by atoms with Gasteiger partial charge in [0.05, 0.1) is 126 Å². The van der Waals surface area contributed by atoms with Crippen LogP contribution in [0.5, 0.6) is 0 Å². The number of hydrogen-bond donors (Lipinski definition) is 1. The van der Waals surface area contributed by atoms with Gasteiger partial charge in [0.15, 0.2) is 0 Å². The van der Waals surface area contributed by atoms with Gasteiger partial charge in [-0.15, -0.1) is 0 Å². The first-order valence-electron chi connectivity index (χ1n) is 16.3. The molecule has 0 saturated heterocycles. The third-order valence-corrected chi connectivity index (χ3v) is 5.99. The predicted molar refractivity (Wildman–Crippen MR) is 165 cm³/mol. The van der Waals surface area contributed by atoms with Crippen molar-refractivity contribution in [2.45, 2.75) is 58.3 Å². The highest BCUT2D eigenvalue weighted by Gasteiger charge is 1.96. The van der Waals surface area contributed by atoms with Crippen LogP contribution in [-0.4, -0.2) is 146 Å². The van der Waals surface area contributed by atoms with Crippen LogP contribution in [-0.2, 0) is 47.4 Å². The Morgan fingerprint density at radius 2 is 0.524 bits per heavy atom. The molecule has 1 N–H and O–H groups in total. The van der Waals surface area contributed by atoms with Crippen molar-refractivity contribution in [2.75, 3.05) is 146 Å². The van der Waals surface area contributed by atoms with Gasteiger partial charge in [-0.25, -0.2) is 0 Å². The molecule has 0 amide bonds. The molecule has 0 unspecified atom stereocenters. The zero-order valence-electron chi connectivity index (χ0n) is 27.1. The summed E-state index contributed by atoms with van der Waals surface area (Å²) in [6, 6.07) is 0. The molecule has 0 saturated carbocycles. The molecular weight excluding hydrogens is 546 g/mol. The van der Waals surface area contributed by atoms with Crippen molar-refractivity contribution in [1.82, 2.24) is 5.32 Å². The third kappa shape index (κ3) is 39.6. The lowest BCUT2D eigenvalue weighted by molar-refractivity contribution is -0.0264. The fourth-order valence-electron chi connectivity index (χ4n) is 3.59. The van der Waals surface area contributed by atoms with E-state index in [1.165, 1.54) is 44.9 Å². The molecule has 0 aliphatic rings. The molecule has 0 aromatic heterocycles. The lowest BCUT2D eigenvalue weighted by atomic mass is 10.1. The van der Waals surface area contributed by atoms with Gasteiger partial charge in [-0.1, -0.05) is 51.9 Å². The van der Waals surface area contributed by atoms with E-state index in [1.54, 1.807) is 0 Å². The highest BCUT2D eigenvalue weighted by atomic mass is 16.6. The Bertz CT molecular complexity index is 425. The first-order chi connectivity index (χ1) is 20.9. The Kier molecular flexibility index (Phi) is 40.1. The van der Waals surface area contributed by atoms with Crippen LogP contribution in [0.2, 0.25) is 0 Å². The SMILES string of the molecule is CCCCCCCCCCOCCOCCOCCOCCOCCOCCOCCOCCOCCOCCNC. The van der Waals surface area contributed by atoms with E-state index < -0.39 is 0 Å². The molecule has 0 radical (unpaired) electrons. The summed E-state index contributed by atoms with van der Waals surface area (Å²) in [5.41, 5.74) is 0. The minimum Gasteiger partial charge on any atom is -0.379 e. The molecule has 0 spiro atoms. The summed E-state index contributed by atoms with van der Waals surface area (Å²) in [5, 5.41) is 3.02. The van der Waals surface area contributed by atoms with Crippen molar-refractivity contribution < 1.29 is 47.4 Å². The molecule has 0 heterocycles. The van der Waals surface area contributed by atoms with Crippen molar-refractivity contribution in [1.29, 1.82) is 0 Å². The van der Waals surface area contributed by atoms with Crippen LogP contribution in [0.4, 0.5) is 0 Å². The lowest BCUT2D eigenvalue weighted by Crippen LogP contribution is -2.17. The van der Waals surface area contributed by atoms with Crippen LogP contribution in [0.15, 0.2) is 0 Å². The van der Waals surface area contributed by atoms with Gasteiger partial charge < -0.3 is 52.7 Å². The molecule has 11 heteroatoms.